The van der Waals surface area contributed by atoms with Gasteiger partial charge in [-0.1, -0.05) is 17.7 Å². The summed E-state index contributed by atoms with van der Waals surface area (Å²) >= 11 is 5.96. The molecular formula is C13H17ClFNO. The highest BCUT2D eigenvalue weighted by Gasteiger charge is 2.33. The summed E-state index contributed by atoms with van der Waals surface area (Å²) < 4.78 is 12.9. The lowest BCUT2D eigenvalue weighted by molar-refractivity contribution is -0.00190. The van der Waals surface area contributed by atoms with Crippen LogP contribution in [-0.4, -0.2) is 16.7 Å². The second-order valence-corrected chi connectivity index (χ2v) is 5.40. The van der Waals surface area contributed by atoms with E-state index in [2.05, 4.69) is 0 Å². The predicted octanol–water partition coefficient (Wildman–Crippen LogP) is 2.65. The summed E-state index contributed by atoms with van der Waals surface area (Å²) in [6.07, 6.45) is 3.64. The van der Waals surface area contributed by atoms with Crippen molar-refractivity contribution >= 4 is 11.6 Å². The molecule has 0 amide bonds. The fourth-order valence-corrected chi connectivity index (χ4v) is 2.80. The van der Waals surface area contributed by atoms with Crippen LogP contribution >= 0.6 is 11.6 Å². The molecule has 1 aromatic carbocycles. The molecule has 0 radical (unpaired) electrons. The average Bonchev–Trinajstić information content (AvgIpc) is 2.22. The first-order valence-corrected chi connectivity index (χ1v) is 6.28. The van der Waals surface area contributed by atoms with Crippen LogP contribution in [-0.2, 0) is 6.42 Å². The van der Waals surface area contributed by atoms with Crippen molar-refractivity contribution in [3.8, 4) is 0 Å². The first kappa shape index (κ1) is 12.8. The Morgan fingerprint density at radius 2 is 2.29 bits per heavy atom. The minimum absolute atomic E-state index is 0.0490. The summed E-state index contributed by atoms with van der Waals surface area (Å²) in [6.45, 7) is 0. The zero-order valence-electron chi connectivity index (χ0n) is 9.63. The summed E-state index contributed by atoms with van der Waals surface area (Å²) in [6, 6.07) is 4.33. The van der Waals surface area contributed by atoms with Gasteiger partial charge in [-0.2, -0.15) is 0 Å². The van der Waals surface area contributed by atoms with Gasteiger partial charge in [0.1, 0.15) is 5.82 Å². The molecule has 1 aliphatic carbocycles. The van der Waals surface area contributed by atoms with E-state index in [1.165, 1.54) is 12.1 Å². The molecule has 94 valence electrons. The van der Waals surface area contributed by atoms with Gasteiger partial charge in [0.2, 0.25) is 0 Å². The van der Waals surface area contributed by atoms with E-state index in [0.717, 1.165) is 24.8 Å². The fraction of sp³-hybridized carbons (Fsp3) is 0.538. The van der Waals surface area contributed by atoms with Gasteiger partial charge in [-0.15, -0.1) is 0 Å². The number of rotatable bonds is 2. The van der Waals surface area contributed by atoms with Crippen molar-refractivity contribution in [2.24, 2.45) is 5.73 Å². The van der Waals surface area contributed by atoms with E-state index in [9.17, 15) is 9.50 Å². The number of hydrogen-bond acceptors (Lipinski definition) is 2. The van der Waals surface area contributed by atoms with Crippen LogP contribution in [0.4, 0.5) is 4.39 Å². The number of aliphatic hydroxyl groups is 1. The van der Waals surface area contributed by atoms with Crippen molar-refractivity contribution in [2.45, 2.75) is 43.7 Å². The molecule has 1 fully saturated rings. The Kier molecular flexibility index (Phi) is 3.71. The Morgan fingerprint density at radius 3 is 2.94 bits per heavy atom. The van der Waals surface area contributed by atoms with Crippen molar-refractivity contribution in [1.29, 1.82) is 0 Å². The molecule has 0 bridgehead atoms. The van der Waals surface area contributed by atoms with E-state index in [4.69, 9.17) is 17.3 Å². The first-order chi connectivity index (χ1) is 7.98. The number of benzene rings is 1. The van der Waals surface area contributed by atoms with Crippen molar-refractivity contribution in [1.82, 2.24) is 0 Å². The SMILES string of the molecule is NC1CCCC(O)(Cc2ccc(F)cc2Cl)C1. The van der Waals surface area contributed by atoms with Gasteiger partial charge in [-0.3, -0.25) is 0 Å². The van der Waals surface area contributed by atoms with E-state index in [-0.39, 0.29) is 11.9 Å². The second-order valence-electron chi connectivity index (χ2n) is 4.99. The molecule has 0 aromatic heterocycles. The molecule has 17 heavy (non-hydrogen) atoms. The maximum atomic E-state index is 12.9. The van der Waals surface area contributed by atoms with Crippen molar-refractivity contribution in [2.75, 3.05) is 0 Å². The lowest BCUT2D eigenvalue weighted by Crippen LogP contribution is -2.42. The van der Waals surface area contributed by atoms with Gasteiger partial charge in [0.15, 0.2) is 0 Å². The van der Waals surface area contributed by atoms with Crippen LogP contribution in [0.5, 0.6) is 0 Å². The summed E-state index contributed by atoms with van der Waals surface area (Å²) in [5.74, 6) is -0.355. The zero-order chi connectivity index (χ0) is 12.5. The topological polar surface area (TPSA) is 46.2 Å². The van der Waals surface area contributed by atoms with Crippen LogP contribution < -0.4 is 5.73 Å². The van der Waals surface area contributed by atoms with Gasteiger partial charge in [-0.05, 0) is 43.4 Å². The third kappa shape index (κ3) is 3.18. The first-order valence-electron chi connectivity index (χ1n) is 5.90. The molecule has 2 rings (SSSR count). The minimum Gasteiger partial charge on any atom is -0.389 e. The van der Waals surface area contributed by atoms with Crippen LogP contribution in [0, 0.1) is 5.82 Å². The smallest absolute Gasteiger partial charge is 0.124 e. The standard InChI is InChI=1S/C13H17ClFNO/c14-12-6-10(15)4-3-9(12)7-13(17)5-1-2-11(16)8-13/h3-4,6,11,17H,1-2,5,7-8,16H2. The molecule has 0 spiro atoms. The maximum Gasteiger partial charge on any atom is 0.124 e. The molecule has 4 heteroatoms. The van der Waals surface area contributed by atoms with Crippen LogP contribution in [0.1, 0.15) is 31.2 Å². The van der Waals surface area contributed by atoms with Crippen LogP contribution in [0.15, 0.2) is 18.2 Å². The molecule has 1 saturated carbocycles. The third-order valence-corrected chi connectivity index (χ3v) is 3.75. The van der Waals surface area contributed by atoms with E-state index in [0.29, 0.717) is 17.9 Å². The van der Waals surface area contributed by atoms with E-state index in [1.54, 1.807) is 6.07 Å². The van der Waals surface area contributed by atoms with Gasteiger partial charge in [0.25, 0.3) is 0 Å². The Bertz CT molecular complexity index is 412. The quantitative estimate of drug-likeness (QED) is 0.856. The molecule has 2 atom stereocenters. The second kappa shape index (κ2) is 4.92. The van der Waals surface area contributed by atoms with E-state index >= 15 is 0 Å². The largest absolute Gasteiger partial charge is 0.389 e. The number of halogens is 2. The molecule has 0 heterocycles. The number of nitrogens with two attached hydrogens (primary N) is 1. The number of hydrogen-bond donors (Lipinski definition) is 2. The Labute approximate surface area is 106 Å². The van der Waals surface area contributed by atoms with Crippen molar-refractivity contribution < 1.29 is 9.50 Å². The average molecular weight is 258 g/mol. The highest BCUT2D eigenvalue weighted by molar-refractivity contribution is 6.31. The van der Waals surface area contributed by atoms with Crippen LogP contribution in [0.2, 0.25) is 5.02 Å². The Morgan fingerprint density at radius 1 is 1.53 bits per heavy atom. The zero-order valence-corrected chi connectivity index (χ0v) is 10.4. The summed E-state index contributed by atoms with van der Waals surface area (Å²) in [7, 11) is 0. The monoisotopic (exact) mass is 257 g/mol. The highest BCUT2D eigenvalue weighted by Crippen LogP contribution is 2.32. The van der Waals surface area contributed by atoms with Crippen molar-refractivity contribution in [3.05, 3.63) is 34.6 Å². The molecule has 1 aromatic rings. The van der Waals surface area contributed by atoms with Gasteiger partial charge >= 0.3 is 0 Å². The summed E-state index contributed by atoms with van der Waals surface area (Å²) in [5, 5.41) is 10.8. The Hall–Kier alpha value is -0.640. The summed E-state index contributed by atoms with van der Waals surface area (Å²) in [4.78, 5) is 0. The van der Waals surface area contributed by atoms with E-state index in [1.807, 2.05) is 0 Å². The van der Waals surface area contributed by atoms with Crippen molar-refractivity contribution in [3.63, 3.8) is 0 Å². The molecule has 0 saturated heterocycles. The van der Waals surface area contributed by atoms with Gasteiger partial charge < -0.3 is 10.8 Å². The summed E-state index contributed by atoms with van der Waals surface area (Å²) in [5.41, 5.74) is 5.86. The maximum absolute atomic E-state index is 12.9. The van der Waals surface area contributed by atoms with Crippen LogP contribution in [0.25, 0.3) is 0 Å². The molecule has 2 nitrogen and oxygen atoms in total. The highest BCUT2D eigenvalue weighted by atomic mass is 35.5. The van der Waals surface area contributed by atoms with Gasteiger partial charge in [-0.25, -0.2) is 4.39 Å². The van der Waals surface area contributed by atoms with Crippen LogP contribution in [0.3, 0.4) is 0 Å². The molecule has 3 N–H and O–H groups in total. The molecule has 1 aliphatic rings. The van der Waals surface area contributed by atoms with Gasteiger partial charge in [0, 0.05) is 17.5 Å². The molecule has 2 unspecified atom stereocenters. The third-order valence-electron chi connectivity index (χ3n) is 3.39. The normalized spacial score (nSPS) is 29.3. The lowest BCUT2D eigenvalue weighted by Gasteiger charge is -2.35. The van der Waals surface area contributed by atoms with Gasteiger partial charge in [0.05, 0.1) is 5.60 Å². The molecule has 0 aliphatic heterocycles. The predicted molar refractivity (Wildman–Crippen MR) is 66.5 cm³/mol. The molecular weight excluding hydrogens is 241 g/mol. The van der Waals surface area contributed by atoms with E-state index < -0.39 is 5.60 Å². The lowest BCUT2D eigenvalue weighted by atomic mass is 9.78. The Balaban J connectivity index is 2.14. The fourth-order valence-electron chi connectivity index (χ4n) is 2.57. The minimum atomic E-state index is -0.793.